The summed E-state index contributed by atoms with van der Waals surface area (Å²) in [6.07, 6.45) is 2.88. The first kappa shape index (κ1) is 16.7. The third-order valence-corrected chi connectivity index (χ3v) is 5.94. The summed E-state index contributed by atoms with van der Waals surface area (Å²) in [5.41, 5.74) is 8.96. The van der Waals surface area contributed by atoms with Gasteiger partial charge in [-0.05, 0) is 46.4 Å². The van der Waals surface area contributed by atoms with Gasteiger partial charge in [0.1, 0.15) is 11.1 Å². The summed E-state index contributed by atoms with van der Waals surface area (Å²) < 4.78 is 0. The molecule has 1 aliphatic rings. The topological polar surface area (TPSA) is 36.7 Å². The summed E-state index contributed by atoms with van der Waals surface area (Å²) in [6, 6.07) is 27.3. The highest BCUT2D eigenvalue weighted by molar-refractivity contribution is 7.11. The third kappa shape index (κ3) is 2.94. The Hall–Kier alpha value is -3.48. The van der Waals surface area contributed by atoms with Crippen molar-refractivity contribution in [2.75, 3.05) is 0 Å². The molecule has 4 aromatic rings. The number of nitriles is 1. The summed E-state index contributed by atoms with van der Waals surface area (Å²) in [4.78, 5) is 4.76. The molecule has 1 aromatic heterocycles. The van der Waals surface area contributed by atoms with Crippen molar-refractivity contribution < 1.29 is 0 Å². The van der Waals surface area contributed by atoms with Crippen LogP contribution in [0.3, 0.4) is 0 Å². The van der Waals surface area contributed by atoms with Gasteiger partial charge in [0.05, 0.1) is 11.3 Å². The first-order valence-corrected chi connectivity index (χ1v) is 10.0. The van der Waals surface area contributed by atoms with E-state index in [9.17, 15) is 5.26 Å². The molecule has 0 amide bonds. The molecule has 2 nitrogen and oxygen atoms in total. The first-order valence-electron chi connectivity index (χ1n) is 9.16. The van der Waals surface area contributed by atoms with Gasteiger partial charge in [0.25, 0.3) is 0 Å². The number of fused-ring (bicyclic) bond motifs is 3. The highest BCUT2D eigenvalue weighted by atomic mass is 32.1. The number of benzene rings is 3. The Bertz CT molecular complexity index is 1240. The second-order valence-corrected chi connectivity index (χ2v) is 7.68. The minimum atomic E-state index is 0.592. The number of aromatic nitrogens is 1. The number of hydrogen-bond donors (Lipinski definition) is 0. The van der Waals surface area contributed by atoms with Crippen molar-refractivity contribution in [3.63, 3.8) is 0 Å². The lowest BCUT2D eigenvalue weighted by molar-refractivity contribution is 1.26. The monoisotopic (exact) mass is 376 g/mol. The zero-order valence-electron chi connectivity index (χ0n) is 15.1. The van der Waals surface area contributed by atoms with Crippen LogP contribution in [0.5, 0.6) is 0 Å². The van der Waals surface area contributed by atoms with E-state index in [2.05, 4.69) is 48.5 Å². The molecule has 0 aliphatic heterocycles. The summed E-state index contributed by atoms with van der Waals surface area (Å²) in [6.45, 7) is 0. The van der Waals surface area contributed by atoms with E-state index in [1.165, 1.54) is 33.6 Å². The fraction of sp³-hybridized carbons (Fsp3) is 0.0400. The van der Waals surface area contributed by atoms with E-state index in [0.29, 0.717) is 5.57 Å². The summed E-state index contributed by atoms with van der Waals surface area (Å²) in [5, 5.41) is 12.4. The number of thiazole rings is 1. The molecule has 3 aromatic carbocycles. The molecule has 0 bridgehead atoms. The van der Waals surface area contributed by atoms with E-state index in [0.717, 1.165) is 28.2 Å². The van der Waals surface area contributed by atoms with Crippen LogP contribution in [-0.2, 0) is 6.42 Å². The molecular formula is C25H16N2S. The largest absolute Gasteiger partial charge is 0.235 e. The van der Waals surface area contributed by atoms with Gasteiger partial charge in [0.15, 0.2) is 0 Å². The van der Waals surface area contributed by atoms with E-state index >= 15 is 0 Å². The van der Waals surface area contributed by atoms with Gasteiger partial charge >= 0.3 is 0 Å². The van der Waals surface area contributed by atoms with Crippen LogP contribution in [-0.4, -0.2) is 4.98 Å². The lowest BCUT2D eigenvalue weighted by Crippen LogP contribution is -1.85. The number of rotatable bonds is 3. The van der Waals surface area contributed by atoms with Crippen LogP contribution in [0.4, 0.5) is 0 Å². The predicted molar refractivity (Wildman–Crippen MR) is 116 cm³/mol. The van der Waals surface area contributed by atoms with Crippen molar-refractivity contribution >= 4 is 23.0 Å². The SMILES string of the molecule is N#C/C(=C\c1ccccc1)c1nc(-c2ccc3c(c2)-c2ccccc2C3)cs1. The highest BCUT2D eigenvalue weighted by Crippen LogP contribution is 2.39. The molecule has 28 heavy (non-hydrogen) atoms. The van der Waals surface area contributed by atoms with E-state index in [-0.39, 0.29) is 0 Å². The number of allylic oxidation sites excluding steroid dienone is 1. The van der Waals surface area contributed by atoms with Crippen molar-refractivity contribution in [2.24, 2.45) is 0 Å². The summed E-state index contributed by atoms with van der Waals surface area (Å²) >= 11 is 1.51. The smallest absolute Gasteiger partial charge is 0.134 e. The maximum atomic E-state index is 9.61. The van der Waals surface area contributed by atoms with Crippen molar-refractivity contribution in [1.29, 1.82) is 5.26 Å². The number of hydrogen-bond acceptors (Lipinski definition) is 3. The maximum absolute atomic E-state index is 9.61. The Balaban J connectivity index is 1.51. The lowest BCUT2D eigenvalue weighted by Gasteiger charge is -2.04. The van der Waals surface area contributed by atoms with Crippen LogP contribution in [0.25, 0.3) is 34.0 Å². The molecule has 0 radical (unpaired) electrons. The van der Waals surface area contributed by atoms with E-state index in [1.807, 2.05) is 41.8 Å². The Kier molecular flexibility index (Phi) is 4.12. The fourth-order valence-corrected chi connectivity index (χ4v) is 4.47. The van der Waals surface area contributed by atoms with Gasteiger partial charge in [0.2, 0.25) is 0 Å². The zero-order chi connectivity index (χ0) is 18.9. The Morgan fingerprint density at radius 2 is 1.71 bits per heavy atom. The molecule has 1 heterocycles. The zero-order valence-corrected chi connectivity index (χ0v) is 15.9. The van der Waals surface area contributed by atoms with Crippen LogP contribution in [0.1, 0.15) is 21.7 Å². The maximum Gasteiger partial charge on any atom is 0.134 e. The molecule has 0 fully saturated rings. The summed E-state index contributed by atoms with van der Waals surface area (Å²) in [5.74, 6) is 0. The quantitative estimate of drug-likeness (QED) is 0.339. The molecule has 132 valence electrons. The van der Waals surface area contributed by atoms with Gasteiger partial charge in [-0.3, -0.25) is 0 Å². The Labute approximate surface area is 168 Å². The van der Waals surface area contributed by atoms with Gasteiger partial charge < -0.3 is 0 Å². The van der Waals surface area contributed by atoms with Gasteiger partial charge in [-0.2, -0.15) is 5.26 Å². The molecule has 0 unspecified atom stereocenters. The van der Waals surface area contributed by atoms with Gasteiger partial charge in [-0.25, -0.2) is 4.98 Å². The van der Waals surface area contributed by atoms with Crippen molar-refractivity contribution in [3.05, 3.63) is 99.9 Å². The average molecular weight is 376 g/mol. The van der Waals surface area contributed by atoms with Gasteiger partial charge in [-0.1, -0.05) is 66.7 Å². The molecule has 0 N–H and O–H groups in total. The van der Waals surface area contributed by atoms with E-state index in [4.69, 9.17) is 4.98 Å². The van der Waals surface area contributed by atoms with Crippen LogP contribution < -0.4 is 0 Å². The molecule has 3 heteroatoms. The number of nitrogens with zero attached hydrogens (tertiary/aromatic N) is 2. The van der Waals surface area contributed by atoms with Crippen molar-refractivity contribution in [1.82, 2.24) is 4.98 Å². The van der Waals surface area contributed by atoms with E-state index < -0.39 is 0 Å². The fourth-order valence-electron chi connectivity index (χ4n) is 3.67. The lowest BCUT2D eigenvalue weighted by atomic mass is 10.0. The highest BCUT2D eigenvalue weighted by Gasteiger charge is 2.19. The van der Waals surface area contributed by atoms with Gasteiger partial charge in [0, 0.05) is 10.9 Å². The van der Waals surface area contributed by atoms with Crippen LogP contribution in [0.2, 0.25) is 0 Å². The minimum absolute atomic E-state index is 0.592. The molecule has 5 rings (SSSR count). The van der Waals surface area contributed by atoms with Crippen LogP contribution >= 0.6 is 11.3 Å². The molecule has 0 saturated carbocycles. The van der Waals surface area contributed by atoms with E-state index in [1.54, 1.807) is 0 Å². The van der Waals surface area contributed by atoms with Crippen LogP contribution in [0.15, 0.2) is 78.2 Å². The normalized spacial score (nSPS) is 12.3. The van der Waals surface area contributed by atoms with Crippen molar-refractivity contribution in [3.8, 4) is 28.5 Å². The molecular weight excluding hydrogens is 360 g/mol. The third-order valence-electron chi connectivity index (χ3n) is 5.06. The first-order chi connectivity index (χ1) is 13.8. The Morgan fingerprint density at radius 3 is 2.57 bits per heavy atom. The molecule has 0 spiro atoms. The molecule has 0 atom stereocenters. The van der Waals surface area contributed by atoms with Crippen LogP contribution in [0, 0.1) is 11.3 Å². The standard InChI is InChI=1S/C25H16N2S/c26-15-21(12-17-6-2-1-3-7-17)25-27-24(16-28-25)20-11-10-19-13-18-8-4-5-9-22(18)23(19)14-20/h1-12,14,16H,13H2/b21-12+. The van der Waals surface area contributed by atoms with Gasteiger partial charge in [-0.15, -0.1) is 11.3 Å². The average Bonchev–Trinajstić information content (AvgIpc) is 3.37. The van der Waals surface area contributed by atoms with Crippen molar-refractivity contribution in [2.45, 2.75) is 6.42 Å². The predicted octanol–water partition coefficient (Wildman–Crippen LogP) is 6.45. The second kappa shape index (κ2) is 6.92. The second-order valence-electron chi connectivity index (χ2n) is 6.82. The molecule has 0 saturated heterocycles. The summed E-state index contributed by atoms with van der Waals surface area (Å²) in [7, 11) is 0. The molecule has 1 aliphatic carbocycles. The Morgan fingerprint density at radius 1 is 0.929 bits per heavy atom. The minimum Gasteiger partial charge on any atom is -0.235 e.